The summed E-state index contributed by atoms with van der Waals surface area (Å²) in [6.45, 7) is 1.34. The van der Waals surface area contributed by atoms with Crippen LogP contribution >= 0.6 is 0 Å². The third-order valence-corrected chi connectivity index (χ3v) is 4.83. The van der Waals surface area contributed by atoms with Gasteiger partial charge in [0.25, 0.3) is 0 Å². The van der Waals surface area contributed by atoms with Crippen LogP contribution in [-0.4, -0.2) is 46.0 Å². The fourth-order valence-corrected chi connectivity index (χ4v) is 3.51. The molecule has 1 fully saturated rings. The van der Waals surface area contributed by atoms with E-state index in [2.05, 4.69) is 10.5 Å². The van der Waals surface area contributed by atoms with E-state index in [9.17, 15) is 4.21 Å². The van der Waals surface area contributed by atoms with Crippen molar-refractivity contribution in [3.8, 4) is 5.75 Å². The van der Waals surface area contributed by atoms with Crippen molar-refractivity contribution in [2.45, 2.75) is 18.9 Å². The fraction of sp³-hybridized carbons (Fsp3) is 0.500. The minimum absolute atomic E-state index is 0.0814. The summed E-state index contributed by atoms with van der Waals surface area (Å²) in [6.07, 6.45) is 1.95. The molecule has 1 aliphatic rings. The van der Waals surface area contributed by atoms with Crippen LogP contribution in [0.5, 0.6) is 5.75 Å². The number of nitrogens with two attached hydrogens (primary N) is 1. The molecule has 1 heterocycles. The van der Waals surface area contributed by atoms with Gasteiger partial charge in [0.1, 0.15) is 12.4 Å². The molecule has 0 aromatic heterocycles. The third-order valence-electron chi connectivity index (χ3n) is 3.45. The zero-order valence-electron chi connectivity index (χ0n) is 11.8. The molecule has 4 N–H and O–H groups in total. The van der Waals surface area contributed by atoms with E-state index >= 15 is 0 Å². The summed E-state index contributed by atoms with van der Waals surface area (Å²) in [4.78, 5) is 0. The number of ether oxygens (including phenoxy) is 1. The van der Waals surface area contributed by atoms with Crippen molar-refractivity contribution in [2.24, 2.45) is 10.9 Å². The standard InChI is InChI=1S/C14H21N3O3S/c15-14(17-18)11-1-3-13(4-2-11)20-8-7-16-12-5-9-21(19)10-6-12/h1-4,12,16,18H,5-10H2,(H2,15,17). The van der Waals surface area contributed by atoms with Gasteiger partial charge in [-0.25, -0.2) is 0 Å². The molecule has 0 aliphatic carbocycles. The molecule has 0 atom stereocenters. The Kier molecular flexibility index (Phi) is 6.01. The van der Waals surface area contributed by atoms with E-state index in [0.717, 1.165) is 36.6 Å². The van der Waals surface area contributed by atoms with Gasteiger partial charge in [-0.05, 0) is 37.1 Å². The molecule has 0 bridgehead atoms. The van der Waals surface area contributed by atoms with Gasteiger partial charge in [-0.2, -0.15) is 0 Å². The van der Waals surface area contributed by atoms with Crippen molar-refractivity contribution in [1.82, 2.24) is 5.32 Å². The smallest absolute Gasteiger partial charge is 0.170 e. The number of oxime groups is 1. The maximum atomic E-state index is 11.2. The van der Waals surface area contributed by atoms with Crippen molar-refractivity contribution in [2.75, 3.05) is 24.7 Å². The summed E-state index contributed by atoms with van der Waals surface area (Å²) >= 11 is 0. The van der Waals surface area contributed by atoms with Gasteiger partial charge in [0.15, 0.2) is 5.84 Å². The number of nitrogens with one attached hydrogen (secondary N) is 1. The van der Waals surface area contributed by atoms with Crippen LogP contribution in [-0.2, 0) is 10.8 Å². The zero-order valence-corrected chi connectivity index (χ0v) is 12.6. The summed E-state index contributed by atoms with van der Waals surface area (Å²) < 4.78 is 16.9. The minimum atomic E-state index is -0.614. The van der Waals surface area contributed by atoms with Crippen LogP contribution in [0.25, 0.3) is 0 Å². The molecule has 0 amide bonds. The summed E-state index contributed by atoms with van der Waals surface area (Å²) in [6, 6.07) is 7.52. The highest BCUT2D eigenvalue weighted by Crippen LogP contribution is 2.12. The van der Waals surface area contributed by atoms with Crippen molar-refractivity contribution >= 4 is 16.6 Å². The Morgan fingerprint density at radius 1 is 1.38 bits per heavy atom. The van der Waals surface area contributed by atoms with E-state index in [4.69, 9.17) is 15.7 Å². The van der Waals surface area contributed by atoms with Gasteiger partial charge in [0.05, 0.1) is 0 Å². The highest BCUT2D eigenvalue weighted by molar-refractivity contribution is 7.85. The number of rotatable bonds is 6. The lowest BCUT2D eigenvalue weighted by atomic mass is 10.1. The summed E-state index contributed by atoms with van der Waals surface area (Å²) in [7, 11) is -0.614. The molecule has 2 rings (SSSR count). The van der Waals surface area contributed by atoms with E-state index in [1.807, 2.05) is 0 Å². The van der Waals surface area contributed by atoms with Crippen molar-refractivity contribution < 1.29 is 14.2 Å². The fourth-order valence-electron chi connectivity index (χ4n) is 2.21. The highest BCUT2D eigenvalue weighted by Gasteiger charge is 2.16. The largest absolute Gasteiger partial charge is 0.492 e. The van der Waals surface area contributed by atoms with Gasteiger partial charge in [-0.3, -0.25) is 4.21 Å². The first-order valence-electron chi connectivity index (χ1n) is 6.98. The normalized spacial score (nSPS) is 23.0. The van der Waals surface area contributed by atoms with Gasteiger partial charge in [0, 0.05) is 40.5 Å². The number of hydrogen-bond acceptors (Lipinski definition) is 5. The summed E-state index contributed by atoms with van der Waals surface area (Å²) in [5.41, 5.74) is 6.14. The number of hydrogen-bond donors (Lipinski definition) is 3. The van der Waals surface area contributed by atoms with Crippen LogP contribution in [0.2, 0.25) is 0 Å². The van der Waals surface area contributed by atoms with Crippen LogP contribution in [0.3, 0.4) is 0 Å². The predicted molar refractivity (Wildman–Crippen MR) is 83.3 cm³/mol. The lowest BCUT2D eigenvalue weighted by Gasteiger charge is -2.22. The van der Waals surface area contributed by atoms with Crippen molar-refractivity contribution in [3.63, 3.8) is 0 Å². The molecule has 0 saturated carbocycles. The molecule has 0 unspecified atom stereocenters. The second kappa shape index (κ2) is 7.99. The Morgan fingerprint density at radius 3 is 2.67 bits per heavy atom. The third kappa shape index (κ3) is 5.02. The molecule has 6 nitrogen and oxygen atoms in total. The molecule has 21 heavy (non-hydrogen) atoms. The molecule has 0 spiro atoms. The highest BCUT2D eigenvalue weighted by atomic mass is 32.2. The molecule has 1 aromatic rings. The first kappa shape index (κ1) is 15.8. The van der Waals surface area contributed by atoms with Crippen LogP contribution in [0.1, 0.15) is 18.4 Å². The van der Waals surface area contributed by atoms with Gasteiger partial charge >= 0.3 is 0 Å². The molecular formula is C14H21N3O3S. The average molecular weight is 311 g/mol. The molecular weight excluding hydrogens is 290 g/mol. The molecule has 0 radical (unpaired) electrons. The Bertz CT molecular complexity index is 495. The topological polar surface area (TPSA) is 96.9 Å². The monoisotopic (exact) mass is 311 g/mol. The molecule has 116 valence electrons. The average Bonchev–Trinajstić information content (AvgIpc) is 2.53. The quantitative estimate of drug-likeness (QED) is 0.236. The zero-order chi connectivity index (χ0) is 15.1. The van der Waals surface area contributed by atoms with Gasteiger partial charge in [-0.15, -0.1) is 0 Å². The second-order valence-corrected chi connectivity index (χ2v) is 6.63. The lowest BCUT2D eigenvalue weighted by molar-refractivity contribution is 0.302. The number of nitrogens with zero attached hydrogens (tertiary/aromatic N) is 1. The first-order chi connectivity index (χ1) is 10.2. The molecule has 1 saturated heterocycles. The van der Waals surface area contributed by atoms with Crippen LogP contribution < -0.4 is 15.8 Å². The van der Waals surface area contributed by atoms with Crippen LogP contribution in [0, 0.1) is 0 Å². The number of amidine groups is 1. The molecule has 7 heteroatoms. The predicted octanol–water partition coefficient (Wildman–Crippen LogP) is 0.661. The summed E-state index contributed by atoms with van der Waals surface area (Å²) in [5, 5.41) is 14.9. The van der Waals surface area contributed by atoms with Gasteiger partial charge < -0.3 is 21.0 Å². The Labute approximate surface area is 126 Å². The Morgan fingerprint density at radius 2 is 2.05 bits per heavy atom. The van der Waals surface area contributed by atoms with E-state index < -0.39 is 10.8 Å². The van der Waals surface area contributed by atoms with Gasteiger partial charge in [0.2, 0.25) is 0 Å². The van der Waals surface area contributed by atoms with E-state index in [-0.39, 0.29) is 5.84 Å². The maximum absolute atomic E-state index is 11.2. The lowest BCUT2D eigenvalue weighted by Crippen LogP contribution is -2.37. The van der Waals surface area contributed by atoms with E-state index in [1.165, 1.54) is 0 Å². The second-order valence-electron chi connectivity index (χ2n) is 4.93. The molecule has 1 aliphatic heterocycles. The minimum Gasteiger partial charge on any atom is -0.492 e. The van der Waals surface area contributed by atoms with Crippen LogP contribution in [0.4, 0.5) is 0 Å². The Hall–Kier alpha value is -1.60. The maximum Gasteiger partial charge on any atom is 0.170 e. The van der Waals surface area contributed by atoms with Crippen molar-refractivity contribution in [3.05, 3.63) is 29.8 Å². The number of benzene rings is 1. The SMILES string of the molecule is N/C(=N/O)c1ccc(OCCNC2CCS(=O)CC2)cc1. The Balaban J connectivity index is 1.68. The van der Waals surface area contributed by atoms with Crippen molar-refractivity contribution in [1.29, 1.82) is 0 Å². The van der Waals surface area contributed by atoms with Crippen LogP contribution in [0.15, 0.2) is 29.4 Å². The first-order valence-corrected chi connectivity index (χ1v) is 8.47. The van der Waals surface area contributed by atoms with E-state index in [1.54, 1.807) is 24.3 Å². The molecule has 1 aromatic carbocycles. The van der Waals surface area contributed by atoms with E-state index in [0.29, 0.717) is 18.2 Å². The summed E-state index contributed by atoms with van der Waals surface area (Å²) in [5.74, 6) is 2.43. The van der Waals surface area contributed by atoms with Gasteiger partial charge in [-0.1, -0.05) is 5.16 Å².